The normalized spacial score (nSPS) is 21.9. The molecular formula is C23H27N3O8S. The van der Waals surface area contributed by atoms with E-state index in [0.717, 1.165) is 28.6 Å². The number of methoxy groups -OCH3 is 2. The van der Waals surface area contributed by atoms with Crippen molar-refractivity contribution in [2.45, 2.75) is 31.2 Å². The summed E-state index contributed by atoms with van der Waals surface area (Å²) in [5, 5.41) is 20.8. The number of carbonyl (C=O) groups is 2. The largest absolute Gasteiger partial charge is 0.469 e. The van der Waals surface area contributed by atoms with Crippen molar-refractivity contribution in [1.82, 2.24) is 4.31 Å². The molecule has 0 saturated carbocycles. The van der Waals surface area contributed by atoms with E-state index in [1.54, 1.807) is 32.1 Å². The lowest BCUT2D eigenvalue weighted by molar-refractivity contribution is -0.384. The molecule has 1 aromatic rings. The molecule has 12 heteroatoms. The van der Waals surface area contributed by atoms with Gasteiger partial charge in [-0.2, -0.15) is 9.57 Å². The van der Waals surface area contributed by atoms with Crippen LogP contribution in [0.4, 0.5) is 5.69 Å². The lowest BCUT2D eigenvalue weighted by Gasteiger charge is -2.22. The minimum absolute atomic E-state index is 0.0814. The third-order valence-electron chi connectivity index (χ3n) is 5.94. The van der Waals surface area contributed by atoms with Gasteiger partial charge in [0.1, 0.15) is 6.04 Å². The molecule has 0 aliphatic carbocycles. The molecule has 188 valence electrons. The smallest absolute Gasteiger partial charge is 0.312 e. The van der Waals surface area contributed by atoms with Gasteiger partial charge < -0.3 is 9.47 Å². The summed E-state index contributed by atoms with van der Waals surface area (Å²) in [6, 6.07) is 5.22. The molecule has 0 bridgehead atoms. The Morgan fingerprint density at radius 1 is 1.29 bits per heavy atom. The lowest BCUT2D eigenvalue weighted by atomic mass is 9.83. The number of hydrogen-bond acceptors (Lipinski definition) is 9. The van der Waals surface area contributed by atoms with Crippen LogP contribution in [0.3, 0.4) is 0 Å². The Hall–Kier alpha value is -3.56. The molecular weight excluding hydrogens is 478 g/mol. The zero-order chi connectivity index (χ0) is 26.3. The fourth-order valence-corrected chi connectivity index (χ4v) is 5.54. The third-order valence-corrected chi connectivity index (χ3v) is 7.80. The van der Waals surface area contributed by atoms with Crippen molar-refractivity contribution in [2.75, 3.05) is 20.8 Å². The van der Waals surface area contributed by atoms with E-state index in [4.69, 9.17) is 4.74 Å². The van der Waals surface area contributed by atoms with Crippen LogP contribution in [0, 0.1) is 39.2 Å². The Morgan fingerprint density at radius 3 is 2.43 bits per heavy atom. The van der Waals surface area contributed by atoms with E-state index in [1.165, 1.54) is 14.2 Å². The van der Waals surface area contributed by atoms with Crippen molar-refractivity contribution in [3.63, 3.8) is 0 Å². The molecule has 0 aromatic heterocycles. The average molecular weight is 506 g/mol. The van der Waals surface area contributed by atoms with Crippen LogP contribution >= 0.6 is 0 Å². The topological polar surface area (TPSA) is 157 Å². The van der Waals surface area contributed by atoms with Gasteiger partial charge in [0.25, 0.3) is 5.69 Å². The van der Waals surface area contributed by atoms with E-state index in [9.17, 15) is 33.4 Å². The van der Waals surface area contributed by atoms with Crippen molar-refractivity contribution in [1.29, 1.82) is 5.26 Å². The van der Waals surface area contributed by atoms with E-state index in [1.807, 2.05) is 6.07 Å². The molecule has 2 rings (SSSR count). The molecule has 1 aromatic carbocycles. The van der Waals surface area contributed by atoms with Crippen LogP contribution in [0.2, 0.25) is 0 Å². The summed E-state index contributed by atoms with van der Waals surface area (Å²) in [6.45, 7) is 3.33. The van der Waals surface area contributed by atoms with Crippen LogP contribution in [-0.4, -0.2) is 56.4 Å². The first-order chi connectivity index (χ1) is 16.5. The number of allylic oxidation sites excluding steroid dienone is 2. The van der Waals surface area contributed by atoms with Crippen LogP contribution in [0.1, 0.15) is 20.3 Å². The number of carbonyl (C=O) groups excluding carboxylic acids is 2. The molecule has 35 heavy (non-hydrogen) atoms. The summed E-state index contributed by atoms with van der Waals surface area (Å²) in [7, 11) is -1.71. The second-order valence-electron chi connectivity index (χ2n) is 8.06. The fourth-order valence-electron chi connectivity index (χ4n) is 3.93. The minimum Gasteiger partial charge on any atom is -0.469 e. The first-order valence-electron chi connectivity index (χ1n) is 10.6. The second-order valence-corrected chi connectivity index (χ2v) is 9.95. The highest BCUT2D eigenvalue weighted by atomic mass is 32.2. The Kier molecular flexibility index (Phi) is 9.27. The van der Waals surface area contributed by atoms with Gasteiger partial charge >= 0.3 is 11.9 Å². The molecule has 0 amide bonds. The number of ether oxygens (including phenoxy) is 2. The highest BCUT2D eigenvalue weighted by Crippen LogP contribution is 2.40. The van der Waals surface area contributed by atoms with E-state index >= 15 is 0 Å². The Balaban J connectivity index is 2.43. The first kappa shape index (κ1) is 27.7. The van der Waals surface area contributed by atoms with Crippen molar-refractivity contribution < 1.29 is 32.4 Å². The van der Waals surface area contributed by atoms with Gasteiger partial charge in [-0.1, -0.05) is 23.8 Å². The summed E-state index contributed by atoms with van der Waals surface area (Å²) in [5.41, 5.74) is 0.435. The van der Waals surface area contributed by atoms with Gasteiger partial charge in [0.05, 0.1) is 42.4 Å². The molecule has 1 fully saturated rings. The van der Waals surface area contributed by atoms with Gasteiger partial charge in [-0.15, -0.1) is 0 Å². The molecule has 1 saturated heterocycles. The maximum atomic E-state index is 13.4. The lowest BCUT2D eigenvalue weighted by Crippen LogP contribution is -2.37. The zero-order valence-corrected chi connectivity index (χ0v) is 20.6. The van der Waals surface area contributed by atoms with Gasteiger partial charge in [0, 0.05) is 24.6 Å². The van der Waals surface area contributed by atoms with Crippen molar-refractivity contribution in [3.8, 4) is 6.07 Å². The summed E-state index contributed by atoms with van der Waals surface area (Å²) in [6.07, 6.45) is 4.78. The maximum absolute atomic E-state index is 13.4. The van der Waals surface area contributed by atoms with Crippen LogP contribution in [0.5, 0.6) is 0 Å². The summed E-state index contributed by atoms with van der Waals surface area (Å²) in [5.74, 6) is -2.68. The van der Waals surface area contributed by atoms with Crippen LogP contribution in [0.25, 0.3) is 0 Å². The number of hydrogen-bond donors (Lipinski definition) is 0. The first-order valence-corrected chi connectivity index (χ1v) is 12.1. The van der Waals surface area contributed by atoms with E-state index in [-0.39, 0.29) is 23.5 Å². The molecule has 0 N–H and O–H groups in total. The number of nitro groups is 1. The molecule has 1 aliphatic rings. The predicted molar refractivity (Wildman–Crippen MR) is 124 cm³/mol. The van der Waals surface area contributed by atoms with E-state index in [0.29, 0.717) is 5.57 Å². The Labute approximate surface area is 203 Å². The molecule has 0 spiro atoms. The number of non-ortho nitro benzene ring substituents is 1. The quantitative estimate of drug-likeness (QED) is 0.213. The molecule has 1 heterocycles. The Morgan fingerprint density at radius 2 is 1.91 bits per heavy atom. The van der Waals surface area contributed by atoms with Gasteiger partial charge in [-0.05, 0) is 31.9 Å². The van der Waals surface area contributed by atoms with Gasteiger partial charge in [-0.3, -0.25) is 19.7 Å². The minimum atomic E-state index is -4.20. The second kappa shape index (κ2) is 11.7. The maximum Gasteiger partial charge on any atom is 0.312 e. The fraction of sp³-hybridized carbons (Fsp3) is 0.435. The third kappa shape index (κ3) is 6.32. The molecule has 4 atom stereocenters. The van der Waals surface area contributed by atoms with Gasteiger partial charge in [0.15, 0.2) is 0 Å². The summed E-state index contributed by atoms with van der Waals surface area (Å²) >= 11 is 0. The molecule has 11 nitrogen and oxygen atoms in total. The van der Waals surface area contributed by atoms with E-state index < -0.39 is 50.7 Å². The molecule has 0 radical (unpaired) electrons. The summed E-state index contributed by atoms with van der Waals surface area (Å²) < 4.78 is 37.2. The highest BCUT2D eigenvalue weighted by Gasteiger charge is 2.49. The highest BCUT2D eigenvalue weighted by molar-refractivity contribution is 7.89. The monoisotopic (exact) mass is 505 g/mol. The van der Waals surface area contributed by atoms with Crippen LogP contribution < -0.4 is 0 Å². The number of nitriles is 1. The number of benzene rings is 1. The summed E-state index contributed by atoms with van der Waals surface area (Å²) in [4.78, 5) is 33.7. The van der Waals surface area contributed by atoms with Crippen LogP contribution in [0.15, 0.2) is 53.0 Å². The van der Waals surface area contributed by atoms with Crippen molar-refractivity contribution in [3.05, 3.63) is 58.2 Å². The van der Waals surface area contributed by atoms with E-state index in [2.05, 4.69) is 4.74 Å². The zero-order valence-electron chi connectivity index (χ0n) is 19.8. The number of sulfonamides is 1. The standard InChI is InChI=1S/C23H27N3O8S/c1-15(6-5-7-16(2)23(28)34-4)20-14-25(21(13-24)19(20)12-22(27)33-3)35(31,32)18-10-8-17(9-11-18)26(29)30/h5-11,16,19-21H,12,14H2,1-4H3/b7-5+,15-6+/t16-,19+,20-,21?/m1/s1. The predicted octanol–water partition coefficient (Wildman–Crippen LogP) is 2.60. The number of rotatable bonds is 9. The Bertz CT molecular complexity index is 1170. The van der Waals surface area contributed by atoms with Gasteiger partial charge in [0.2, 0.25) is 10.0 Å². The number of nitrogens with zero attached hydrogens (tertiary/aromatic N) is 3. The number of esters is 2. The average Bonchev–Trinajstić information content (AvgIpc) is 3.22. The van der Waals surface area contributed by atoms with Crippen LogP contribution in [-0.2, 0) is 29.1 Å². The molecule has 1 unspecified atom stereocenters. The van der Waals surface area contributed by atoms with Crippen molar-refractivity contribution >= 4 is 27.6 Å². The number of nitro benzene ring substituents is 1. The SMILES string of the molecule is COC(=O)C[C@@H]1C(C#N)N(S(=O)(=O)c2ccc([N+](=O)[O-])cc2)C[C@@H]1/C(C)=C/C=C/[C@@H](C)C(=O)OC. The molecule has 1 aliphatic heterocycles. The van der Waals surface area contributed by atoms with Gasteiger partial charge in [-0.25, -0.2) is 8.42 Å². The van der Waals surface area contributed by atoms with Crippen molar-refractivity contribution in [2.24, 2.45) is 17.8 Å².